The summed E-state index contributed by atoms with van der Waals surface area (Å²) in [6, 6.07) is 8.99. The first-order valence-electron chi connectivity index (χ1n) is 10.7. The van der Waals surface area contributed by atoms with Crippen LogP contribution in [0.2, 0.25) is 0 Å². The molecular formula is C24H25N3O5S. The van der Waals surface area contributed by atoms with Crippen LogP contribution in [0, 0.1) is 13.8 Å². The highest BCUT2D eigenvalue weighted by Crippen LogP contribution is 2.34. The Morgan fingerprint density at radius 1 is 1.09 bits per heavy atom. The van der Waals surface area contributed by atoms with Gasteiger partial charge in [0.15, 0.2) is 0 Å². The van der Waals surface area contributed by atoms with Gasteiger partial charge >= 0.3 is 5.97 Å². The predicted octanol–water partition coefficient (Wildman–Crippen LogP) is 3.54. The molecule has 0 saturated carbocycles. The molecule has 1 aromatic carbocycles. The quantitative estimate of drug-likeness (QED) is 0.494. The van der Waals surface area contributed by atoms with Crippen LogP contribution in [0.1, 0.15) is 40.2 Å². The SMILES string of the molecule is COC(=O)c1ccc(-n2c(C)cc(/C=C3\SC(=O)N(CC(=O)N4CCCC4)C3=O)c2C)cc1. The van der Waals surface area contributed by atoms with E-state index in [1.807, 2.05) is 36.6 Å². The normalized spacial score (nSPS) is 17.4. The first-order valence-corrected chi connectivity index (χ1v) is 11.5. The van der Waals surface area contributed by atoms with Gasteiger partial charge in [0.1, 0.15) is 6.54 Å². The van der Waals surface area contributed by atoms with Gasteiger partial charge in [0.2, 0.25) is 5.91 Å². The smallest absolute Gasteiger partial charge is 0.337 e. The second-order valence-corrected chi connectivity index (χ2v) is 9.05. The predicted molar refractivity (Wildman–Crippen MR) is 125 cm³/mol. The molecular weight excluding hydrogens is 442 g/mol. The third kappa shape index (κ3) is 4.45. The maximum Gasteiger partial charge on any atom is 0.337 e. The molecule has 33 heavy (non-hydrogen) atoms. The van der Waals surface area contributed by atoms with Gasteiger partial charge in [-0.3, -0.25) is 19.3 Å². The van der Waals surface area contributed by atoms with E-state index < -0.39 is 17.1 Å². The zero-order valence-corrected chi connectivity index (χ0v) is 19.6. The van der Waals surface area contributed by atoms with E-state index in [9.17, 15) is 19.2 Å². The lowest BCUT2D eigenvalue weighted by Crippen LogP contribution is -2.40. The van der Waals surface area contributed by atoms with Gasteiger partial charge in [-0.05, 0) is 80.4 Å². The Morgan fingerprint density at radius 2 is 1.76 bits per heavy atom. The zero-order valence-electron chi connectivity index (χ0n) is 18.8. The number of hydrogen-bond acceptors (Lipinski definition) is 6. The summed E-state index contributed by atoms with van der Waals surface area (Å²) in [5, 5.41) is -0.425. The van der Waals surface area contributed by atoms with E-state index in [4.69, 9.17) is 4.74 Å². The van der Waals surface area contributed by atoms with Gasteiger partial charge in [0.25, 0.3) is 11.1 Å². The average Bonchev–Trinajstić information content (AvgIpc) is 3.50. The maximum atomic E-state index is 12.9. The number of imide groups is 1. The maximum absolute atomic E-state index is 12.9. The van der Waals surface area contributed by atoms with E-state index in [0.717, 1.165) is 52.1 Å². The Balaban J connectivity index is 1.56. The summed E-state index contributed by atoms with van der Waals surface area (Å²) in [4.78, 5) is 52.5. The van der Waals surface area contributed by atoms with E-state index in [1.165, 1.54) is 7.11 Å². The van der Waals surface area contributed by atoms with Crippen molar-refractivity contribution in [3.63, 3.8) is 0 Å². The molecule has 4 rings (SSSR count). The largest absolute Gasteiger partial charge is 0.465 e. The van der Waals surface area contributed by atoms with Crippen LogP contribution in [0.5, 0.6) is 0 Å². The molecule has 2 aliphatic rings. The molecule has 0 radical (unpaired) electrons. The van der Waals surface area contributed by atoms with Crippen molar-refractivity contribution in [2.45, 2.75) is 26.7 Å². The number of amides is 3. The Morgan fingerprint density at radius 3 is 2.39 bits per heavy atom. The van der Waals surface area contributed by atoms with E-state index in [-0.39, 0.29) is 12.5 Å². The van der Waals surface area contributed by atoms with Crippen LogP contribution in [0.4, 0.5) is 4.79 Å². The van der Waals surface area contributed by atoms with Crippen LogP contribution >= 0.6 is 11.8 Å². The zero-order chi connectivity index (χ0) is 23.7. The summed E-state index contributed by atoms with van der Waals surface area (Å²) in [5.41, 5.74) is 3.95. The molecule has 172 valence electrons. The second-order valence-electron chi connectivity index (χ2n) is 8.06. The van der Waals surface area contributed by atoms with Crippen molar-refractivity contribution in [1.29, 1.82) is 0 Å². The fourth-order valence-electron chi connectivity index (χ4n) is 4.17. The topological polar surface area (TPSA) is 88.9 Å². The summed E-state index contributed by atoms with van der Waals surface area (Å²) in [6.07, 6.45) is 3.61. The molecule has 0 N–H and O–H groups in total. The number of benzene rings is 1. The number of hydrogen-bond donors (Lipinski definition) is 0. The van der Waals surface area contributed by atoms with E-state index in [1.54, 1.807) is 23.1 Å². The average molecular weight is 468 g/mol. The van der Waals surface area contributed by atoms with Crippen LogP contribution < -0.4 is 0 Å². The molecule has 3 heterocycles. The van der Waals surface area contributed by atoms with Gasteiger partial charge in [0.05, 0.1) is 17.6 Å². The van der Waals surface area contributed by atoms with Crippen LogP contribution in [0.25, 0.3) is 11.8 Å². The molecule has 2 aromatic rings. The highest BCUT2D eigenvalue weighted by molar-refractivity contribution is 8.18. The lowest BCUT2D eigenvalue weighted by molar-refractivity contribution is -0.135. The summed E-state index contributed by atoms with van der Waals surface area (Å²) < 4.78 is 6.75. The molecule has 3 amide bonds. The van der Waals surface area contributed by atoms with E-state index in [2.05, 4.69) is 0 Å². The van der Waals surface area contributed by atoms with Crippen molar-refractivity contribution in [1.82, 2.24) is 14.4 Å². The van der Waals surface area contributed by atoms with Gasteiger partial charge in [0, 0.05) is 30.2 Å². The van der Waals surface area contributed by atoms with Gasteiger partial charge in [-0.25, -0.2) is 4.79 Å². The minimum absolute atomic E-state index is 0.190. The Bertz CT molecular complexity index is 1160. The number of ether oxygens (including phenoxy) is 1. The number of carbonyl (C=O) groups excluding carboxylic acids is 4. The van der Waals surface area contributed by atoms with Crippen molar-refractivity contribution in [2.75, 3.05) is 26.7 Å². The van der Waals surface area contributed by atoms with Crippen LogP contribution in [0.3, 0.4) is 0 Å². The highest BCUT2D eigenvalue weighted by Gasteiger charge is 2.37. The molecule has 2 saturated heterocycles. The van der Waals surface area contributed by atoms with Crippen LogP contribution in [-0.2, 0) is 14.3 Å². The monoisotopic (exact) mass is 467 g/mol. The number of esters is 1. The molecule has 0 spiro atoms. The number of rotatable bonds is 5. The molecule has 0 unspecified atom stereocenters. The Kier molecular flexibility index (Phi) is 6.42. The summed E-state index contributed by atoms with van der Waals surface area (Å²) in [7, 11) is 1.34. The number of methoxy groups -OCH3 is 1. The highest BCUT2D eigenvalue weighted by atomic mass is 32.2. The summed E-state index contributed by atoms with van der Waals surface area (Å²) in [6.45, 7) is 5.01. The molecule has 0 bridgehead atoms. The molecule has 1 aromatic heterocycles. The number of nitrogens with zero attached hydrogens (tertiary/aromatic N) is 3. The summed E-state index contributed by atoms with van der Waals surface area (Å²) >= 11 is 0.856. The van der Waals surface area contributed by atoms with Crippen molar-refractivity contribution >= 4 is 40.9 Å². The van der Waals surface area contributed by atoms with Gasteiger partial charge < -0.3 is 14.2 Å². The third-order valence-corrected chi connectivity index (χ3v) is 6.84. The fourth-order valence-corrected chi connectivity index (χ4v) is 5.00. The van der Waals surface area contributed by atoms with Crippen molar-refractivity contribution < 1.29 is 23.9 Å². The molecule has 9 heteroatoms. The molecule has 2 fully saturated rings. The minimum atomic E-state index is -0.440. The third-order valence-electron chi connectivity index (χ3n) is 5.93. The number of carbonyl (C=O) groups is 4. The number of thioether (sulfide) groups is 1. The molecule has 0 atom stereocenters. The molecule has 8 nitrogen and oxygen atoms in total. The van der Waals surface area contributed by atoms with E-state index >= 15 is 0 Å². The lowest BCUT2D eigenvalue weighted by atomic mass is 10.2. The van der Waals surface area contributed by atoms with E-state index in [0.29, 0.717) is 23.6 Å². The van der Waals surface area contributed by atoms with Gasteiger partial charge in [-0.1, -0.05) is 0 Å². The van der Waals surface area contributed by atoms with Crippen LogP contribution in [0.15, 0.2) is 35.2 Å². The Labute approximate surface area is 196 Å². The van der Waals surface area contributed by atoms with Gasteiger partial charge in [-0.2, -0.15) is 0 Å². The standard InChI is InChI=1S/C24H25N3O5S/c1-15-12-18(16(2)27(15)19-8-6-17(7-9-19)23(30)32-3)13-20-22(29)26(24(31)33-20)14-21(28)25-10-4-5-11-25/h6-9,12-13H,4-5,10-11,14H2,1-3H3/b20-13-. The first kappa shape index (κ1) is 22.8. The summed E-state index contributed by atoms with van der Waals surface area (Å²) in [5.74, 6) is -1.03. The molecule has 2 aliphatic heterocycles. The van der Waals surface area contributed by atoms with Gasteiger partial charge in [-0.15, -0.1) is 0 Å². The fraction of sp³-hybridized carbons (Fsp3) is 0.333. The molecule has 0 aliphatic carbocycles. The Hall–Kier alpha value is -3.33. The lowest BCUT2D eigenvalue weighted by Gasteiger charge is -2.18. The number of likely N-dealkylation sites (tertiary alicyclic amines) is 1. The number of aromatic nitrogens is 1. The van der Waals surface area contributed by atoms with Crippen LogP contribution in [-0.4, -0.2) is 64.1 Å². The first-order chi connectivity index (χ1) is 15.8. The van der Waals surface area contributed by atoms with Crippen molar-refractivity contribution in [3.8, 4) is 5.69 Å². The van der Waals surface area contributed by atoms with Crippen molar-refractivity contribution in [3.05, 3.63) is 57.8 Å². The second kappa shape index (κ2) is 9.27. The van der Waals surface area contributed by atoms with Crippen molar-refractivity contribution in [2.24, 2.45) is 0 Å². The minimum Gasteiger partial charge on any atom is -0.465 e. The number of aryl methyl sites for hydroxylation is 1.